The maximum Gasteiger partial charge on any atom is 0.119 e. The third kappa shape index (κ3) is 4.66. The zero-order valence-corrected chi connectivity index (χ0v) is 13.0. The van der Waals surface area contributed by atoms with E-state index in [2.05, 4.69) is 5.32 Å². The number of benzene rings is 2. The van der Waals surface area contributed by atoms with Gasteiger partial charge in [0, 0.05) is 10.7 Å². The molecule has 2 aromatic carbocycles. The summed E-state index contributed by atoms with van der Waals surface area (Å²) >= 11 is 5.97. The van der Waals surface area contributed by atoms with Crippen molar-refractivity contribution in [3.63, 3.8) is 0 Å². The van der Waals surface area contributed by atoms with Crippen LogP contribution < -0.4 is 10.1 Å². The average molecular weight is 306 g/mol. The Morgan fingerprint density at radius 1 is 1.14 bits per heavy atom. The fraction of sp³-hybridized carbons (Fsp3) is 0.294. The van der Waals surface area contributed by atoms with Crippen molar-refractivity contribution < 1.29 is 9.84 Å². The highest BCUT2D eigenvalue weighted by Crippen LogP contribution is 2.23. The number of nitrogens with one attached hydrogen (secondary N) is 1. The molecule has 1 unspecified atom stereocenters. The second-order valence-corrected chi connectivity index (χ2v) is 5.56. The van der Waals surface area contributed by atoms with E-state index in [1.807, 2.05) is 62.4 Å². The number of rotatable bonds is 6. The molecule has 2 aromatic rings. The molecular formula is C17H20ClNO2. The smallest absolute Gasteiger partial charge is 0.119 e. The fourth-order valence-electron chi connectivity index (χ4n) is 2.06. The molecule has 3 nitrogen and oxygen atoms in total. The quantitative estimate of drug-likeness (QED) is 0.837. The number of ether oxygens (including phenoxy) is 1. The van der Waals surface area contributed by atoms with E-state index >= 15 is 0 Å². The standard InChI is InChI=1S/C17H20ClNO2/c1-12(2)21-16-8-6-13(7-9-16)17(11-20)19-15-5-3-4-14(18)10-15/h3-10,12,17,19-20H,11H2,1-2H3. The highest BCUT2D eigenvalue weighted by atomic mass is 35.5. The molecule has 1 atom stereocenters. The van der Waals surface area contributed by atoms with Gasteiger partial charge in [-0.2, -0.15) is 0 Å². The first-order valence-corrected chi connectivity index (χ1v) is 7.36. The first-order chi connectivity index (χ1) is 10.1. The summed E-state index contributed by atoms with van der Waals surface area (Å²) in [6.45, 7) is 3.98. The van der Waals surface area contributed by atoms with Gasteiger partial charge < -0.3 is 15.2 Å². The molecular weight excluding hydrogens is 286 g/mol. The highest BCUT2D eigenvalue weighted by Gasteiger charge is 2.10. The Kier molecular flexibility index (Phi) is 5.48. The molecule has 0 aliphatic heterocycles. The third-order valence-electron chi connectivity index (χ3n) is 3.00. The predicted octanol–water partition coefficient (Wildman–Crippen LogP) is 4.27. The molecule has 0 aliphatic rings. The molecule has 0 aromatic heterocycles. The molecule has 0 aliphatic carbocycles. The van der Waals surface area contributed by atoms with Crippen molar-refractivity contribution in [3.05, 3.63) is 59.1 Å². The van der Waals surface area contributed by atoms with Crippen molar-refractivity contribution in [1.29, 1.82) is 0 Å². The molecule has 2 N–H and O–H groups in total. The van der Waals surface area contributed by atoms with Crippen molar-refractivity contribution in [3.8, 4) is 5.75 Å². The summed E-state index contributed by atoms with van der Waals surface area (Å²) < 4.78 is 5.62. The van der Waals surface area contributed by atoms with Crippen LogP contribution in [0.15, 0.2) is 48.5 Å². The van der Waals surface area contributed by atoms with Crippen molar-refractivity contribution in [2.75, 3.05) is 11.9 Å². The van der Waals surface area contributed by atoms with E-state index in [4.69, 9.17) is 16.3 Å². The Morgan fingerprint density at radius 2 is 1.86 bits per heavy atom. The van der Waals surface area contributed by atoms with Gasteiger partial charge in [-0.05, 0) is 49.7 Å². The van der Waals surface area contributed by atoms with Crippen LogP contribution in [-0.4, -0.2) is 17.8 Å². The van der Waals surface area contributed by atoms with Crippen LogP contribution in [0.3, 0.4) is 0 Å². The summed E-state index contributed by atoms with van der Waals surface area (Å²) in [5, 5.41) is 13.5. The lowest BCUT2D eigenvalue weighted by Crippen LogP contribution is -2.15. The lowest BCUT2D eigenvalue weighted by atomic mass is 10.1. The lowest BCUT2D eigenvalue weighted by molar-refractivity contribution is 0.242. The Hall–Kier alpha value is -1.71. The monoisotopic (exact) mass is 305 g/mol. The van der Waals surface area contributed by atoms with E-state index in [9.17, 15) is 5.11 Å². The van der Waals surface area contributed by atoms with Crippen LogP contribution in [0.2, 0.25) is 5.02 Å². The average Bonchev–Trinajstić information content (AvgIpc) is 2.45. The van der Waals surface area contributed by atoms with Gasteiger partial charge in [0.2, 0.25) is 0 Å². The molecule has 4 heteroatoms. The van der Waals surface area contributed by atoms with Crippen molar-refractivity contribution in [1.82, 2.24) is 0 Å². The topological polar surface area (TPSA) is 41.5 Å². The molecule has 0 bridgehead atoms. The Labute approximate surface area is 130 Å². The van der Waals surface area contributed by atoms with Gasteiger partial charge in [-0.1, -0.05) is 29.8 Å². The summed E-state index contributed by atoms with van der Waals surface area (Å²) in [6, 6.07) is 15.0. The van der Waals surface area contributed by atoms with Crippen LogP contribution in [-0.2, 0) is 0 Å². The van der Waals surface area contributed by atoms with Gasteiger partial charge >= 0.3 is 0 Å². The molecule has 0 radical (unpaired) electrons. The predicted molar refractivity (Wildman–Crippen MR) is 87.1 cm³/mol. The van der Waals surface area contributed by atoms with E-state index in [-0.39, 0.29) is 18.8 Å². The molecule has 0 spiro atoms. The Morgan fingerprint density at radius 3 is 2.43 bits per heavy atom. The lowest BCUT2D eigenvalue weighted by Gasteiger charge is -2.19. The zero-order valence-electron chi connectivity index (χ0n) is 12.2. The van der Waals surface area contributed by atoms with E-state index in [1.165, 1.54) is 0 Å². The van der Waals surface area contributed by atoms with Gasteiger partial charge in [0.25, 0.3) is 0 Å². The van der Waals surface area contributed by atoms with Crippen molar-refractivity contribution >= 4 is 17.3 Å². The summed E-state index contributed by atoms with van der Waals surface area (Å²) in [6.07, 6.45) is 0.147. The van der Waals surface area contributed by atoms with Crippen molar-refractivity contribution in [2.45, 2.75) is 26.0 Å². The first-order valence-electron chi connectivity index (χ1n) is 6.98. The van der Waals surface area contributed by atoms with E-state index in [0.29, 0.717) is 5.02 Å². The second-order valence-electron chi connectivity index (χ2n) is 5.13. The third-order valence-corrected chi connectivity index (χ3v) is 3.24. The largest absolute Gasteiger partial charge is 0.491 e. The van der Waals surface area contributed by atoms with Gasteiger partial charge in [-0.3, -0.25) is 0 Å². The molecule has 0 saturated heterocycles. The first kappa shape index (κ1) is 15.7. The number of hydrogen-bond acceptors (Lipinski definition) is 3. The van der Waals surface area contributed by atoms with E-state index in [1.54, 1.807) is 0 Å². The molecule has 2 rings (SSSR count). The number of anilines is 1. The Bertz CT molecular complexity index is 569. The summed E-state index contributed by atoms with van der Waals surface area (Å²) in [5.74, 6) is 0.827. The van der Waals surface area contributed by atoms with Crippen LogP contribution >= 0.6 is 11.6 Å². The highest BCUT2D eigenvalue weighted by molar-refractivity contribution is 6.30. The van der Waals surface area contributed by atoms with Gasteiger partial charge in [0.15, 0.2) is 0 Å². The minimum Gasteiger partial charge on any atom is -0.491 e. The summed E-state index contributed by atoms with van der Waals surface area (Å²) in [7, 11) is 0. The van der Waals surface area contributed by atoms with E-state index in [0.717, 1.165) is 17.0 Å². The van der Waals surface area contributed by atoms with Crippen molar-refractivity contribution in [2.24, 2.45) is 0 Å². The number of aliphatic hydroxyl groups is 1. The molecule has 112 valence electrons. The van der Waals surface area contributed by atoms with Gasteiger partial charge in [0.05, 0.1) is 18.8 Å². The number of halogens is 1. The molecule has 0 fully saturated rings. The van der Waals surface area contributed by atoms with Crippen LogP contribution in [0.1, 0.15) is 25.5 Å². The number of hydrogen-bond donors (Lipinski definition) is 2. The van der Waals surface area contributed by atoms with E-state index < -0.39 is 0 Å². The van der Waals surface area contributed by atoms with Gasteiger partial charge in [-0.25, -0.2) is 0 Å². The molecule has 0 heterocycles. The molecule has 0 saturated carbocycles. The van der Waals surface area contributed by atoms with Crippen LogP contribution in [0.25, 0.3) is 0 Å². The maximum atomic E-state index is 9.60. The minimum atomic E-state index is -0.184. The number of aliphatic hydroxyl groups excluding tert-OH is 1. The minimum absolute atomic E-state index is 0.00308. The fourth-order valence-corrected chi connectivity index (χ4v) is 2.25. The summed E-state index contributed by atoms with van der Waals surface area (Å²) in [4.78, 5) is 0. The second kappa shape index (κ2) is 7.34. The zero-order chi connectivity index (χ0) is 15.2. The van der Waals surface area contributed by atoms with Crippen LogP contribution in [0.4, 0.5) is 5.69 Å². The maximum absolute atomic E-state index is 9.60. The van der Waals surface area contributed by atoms with Gasteiger partial charge in [0.1, 0.15) is 5.75 Å². The SMILES string of the molecule is CC(C)Oc1ccc(C(CO)Nc2cccc(Cl)c2)cc1. The van der Waals surface area contributed by atoms with Crippen LogP contribution in [0.5, 0.6) is 5.75 Å². The Balaban J connectivity index is 2.10. The molecule has 21 heavy (non-hydrogen) atoms. The molecule has 0 amide bonds. The van der Waals surface area contributed by atoms with Crippen LogP contribution in [0, 0.1) is 0 Å². The summed E-state index contributed by atoms with van der Waals surface area (Å²) in [5.41, 5.74) is 1.87. The van der Waals surface area contributed by atoms with Gasteiger partial charge in [-0.15, -0.1) is 0 Å². The normalized spacial score (nSPS) is 12.2.